The van der Waals surface area contributed by atoms with Crippen molar-refractivity contribution in [2.24, 2.45) is 16.5 Å². The first-order valence-electron chi connectivity index (χ1n) is 8.65. The van der Waals surface area contributed by atoms with Gasteiger partial charge in [0, 0.05) is 12.2 Å². The van der Waals surface area contributed by atoms with Gasteiger partial charge in [0.1, 0.15) is 10.9 Å². The highest BCUT2D eigenvalue weighted by atomic mass is 32.2. The highest BCUT2D eigenvalue weighted by Gasteiger charge is 2.24. The quantitative estimate of drug-likeness (QED) is 0.128. The number of rotatable bonds is 10. The zero-order chi connectivity index (χ0) is 22.3. The van der Waals surface area contributed by atoms with Crippen molar-refractivity contribution in [1.29, 1.82) is 0 Å². The van der Waals surface area contributed by atoms with Gasteiger partial charge in [0.15, 0.2) is 5.96 Å². The van der Waals surface area contributed by atoms with Crippen LogP contribution in [-0.2, 0) is 14.8 Å². The molecular weight excluding hydrogens is 432 g/mol. The molecule has 1 amide bonds. The van der Waals surface area contributed by atoms with E-state index in [1.165, 1.54) is 29.6 Å². The molecule has 0 saturated heterocycles. The van der Waals surface area contributed by atoms with Gasteiger partial charge in [-0.2, -0.15) is 0 Å². The lowest BCUT2D eigenvalue weighted by Crippen LogP contribution is -2.40. The summed E-state index contributed by atoms with van der Waals surface area (Å²) < 4.78 is 27.5. The molecule has 9 N–H and O–H groups in total. The summed E-state index contributed by atoms with van der Waals surface area (Å²) in [5, 5.41) is 13.2. The van der Waals surface area contributed by atoms with Crippen LogP contribution in [0.2, 0.25) is 0 Å². The minimum Gasteiger partial charge on any atom is -0.480 e. The average molecular weight is 455 g/mol. The number of carbonyl (C=O) groups excluding carboxylic acids is 1. The number of thiophene rings is 1. The van der Waals surface area contributed by atoms with E-state index in [1.54, 1.807) is 6.07 Å². The van der Waals surface area contributed by atoms with Crippen molar-refractivity contribution in [3.8, 4) is 0 Å². The van der Waals surface area contributed by atoms with Crippen LogP contribution in [0, 0.1) is 0 Å². The number of sulfonamides is 1. The third-order valence-corrected chi connectivity index (χ3v) is 6.11. The van der Waals surface area contributed by atoms with Crippen molar-refractivity contribution in [2.45, 2.75) is 23.8 Å². The zero-order valence-electron chi connectivity index (χ0n) is 15.7. The minimum atomic E-state index is -3.99. The van der Waals surface area contributed by atoms with Gasteiger partial charge in [-0.1, -0.05) is 6.07 Å². The van der Waals surface area contributed by atoms with E-state index in [0.717, 1.165) is 11.3 Å². The van der Waals surface area contributed by atoms with Crippen molar-refractivity contribution in [3.05, 3.63) is 40.6 Å². The Morgan fingerprint density at radius 1 is 1.23 bits per heavy atom. The molecular formula is C17H22N6O5S2. The molecule has 0 aliphatic carbocycles. The van der Waals surface area contributed by atoms with Gasteiger partial charge in [-0.3, -0.25) is 14.5 Å². The summed E-state index contributed by atoms with van der Waals surface area (Å²) >= 11 is 0.971. The van der Waals surface area contributed by atoms with E-state index in [0.29, 0.717) is 6.42 Å². The van der Waals surface area contributed by atoms with Crippen LogP contribution >= 0.6 is 11.3 Å². The molecule has 0 aliphatic heterocycles. The molecule has 0 fully saturated rings. The van der Waals surface area contributed by atoms with Crippen LogP contribution in [-0.4, -0.2) is 43.9 Å². The molecule has 1 aromatic carbocycles. The van der Waals surface area contributed by atoms with E-state index in [2.05, 4.69) is 15.0 Å². The average Bonchev–Trinajstić information content (AvgIpc) is 3.11. The maximum atomic E-state index is 12.6. The van der Waals surface area contributed by atoms with Gasteiger partial charge in [0.05, 0.1) is 10.6 Å². The van der Waals surface area contributed by atoms with Crippen LogP contribution in [0.15, 0.2) is 45.6 Å². The molecule has 30 heavy (non-hydrogen) atoms. The summed E-state index contributed by atoms with van der Waals surface area (Å²) in [6.45, 7) is 0.215. The van der Waals surface area contributed by atoms with E-state index in [4.69, 9.17) is 17.2 Å². The molecule has 1 atom stereocenters. The van der Waals surface area contributed by atoms with E-state index in [-0.39, 0.29) is 40.1 Å². The number of nitrogens with two attached hydrogens (primary N) is 3. The predicted octanol–water partition coefficient (Wildman–Crippen LogP) is 0.368. The Hall–Kier alpha value is -3.32. The summed E-state index contributed by atoms with van der Waals surface area (Å²) in [5.41, 5.74) is 16.3. The first-order chi connectivity index (χ1) is 14.1. The number of benzene rings is 1. The Labute approximate surface area is 177 Å². The Balaban J connectivity index is 2.11. The van der Waals surface area contributed by atoms with E-state index >= 15 is 0 Å². The van der Waals surface area contributed by atoms with E-state index in [1.807, 2.05) is 0 Å². The second-order valence-electron chi connectivity index (χ2n) is 6.15. The summed E-state index contributed by atoms with van der Waals surface area (Å²) in [7, 11) is -3.99. The van der Waals surface area contributed by atoms with Crippen LogP contribution in [0.3, 0.4) is 0 Å². The maximum Gasteiger partial charge on any atom is 0.326 e. The Morgan fingerprint density at radius 3 is 2.60 bits per heavy atom. The van der Waals surface area contributed by atoms with Crippen LogP contribution in [0.1, 0.15) is 22.5 Å². The molecule has 1 heterocycles. The highest BCUT2D eigenvalue weighted by molar-refractivity contribution is 7.92. The monoisotopic (exact) mass is 454 g/mol. The lowest BCUT2D eigenvalue weighted by atomic mass is 10.1. The van der Waals surface area contributed by atoms with Gasteiger partial charge in [-0.15, -0.1) is 11.3 Å². The maximum absolute atomic E-state index is 12.6. The first kappa shape index (κ1) is 23.0. The smallest absolute Gasteiger partial charge is 0.326 e. The summed E-state index contributed by atoms with van der Waals surface area (Å²) in [5.74, 6) is -2.06. The first-order valence-corrected chi connectivity index (χ1v) is 11.0. The van der Waals surface area contributed by atoms with Gasteiger partial charge in [0.2, 0.25) is 0 Å². The number of amides is 1. The van der Waals surface area contributed by atoms with E-state index in [9.17, 15) is 23.1 Å². The summed E-state index contributed by atoms with van der Waals surface area (Å²) in [6.07, 6.45) is 0.419. The van der Waals surface area contributed by atoms with Gasteiger partial charge in [0.25, 0.3) is 15.9 Å². The number of anilines is 2. The third kappa shape index (κ3) is 6.35. The Bertz CT molecular complexity index is 1050. The number of aliphatic imine (C=N–C) groups is 1. The molecule has 0 bridgehead atoms. The van der Waals surface area contributed by atoms with Crippen molar-refractivity contribution in [1.82, 2.24) is 5.32 Å². The molecule has 0 spiro atoms. The molecule has 0 aliphatic rings. The molecule has 0 unspecified atom stereocenters. The SMILES string of the molecule is NC(N)=NCCC[C@H](NC(=O)c1sccc1NS(=O)(=O)c1cccc(N)c1)C(=O)O. The lowest BCUT2D eigenvalue weighted by molar-refractivity contribution is -0.139. The molecule has 2 aromatic rings. The summed E-state index contributed by atoms with van der Waals surface area (Å²) in [6, 6.07) is 5.91. The molecule has 162 valence electrons. The number of nitrogen functional groups attached to an aromatic ring is 1. The number of carboxylic acids is 1. The minimum absolute atomic E-state index is 0.0259. The number of nitrogens with one attached hydrogen (secondary N) is 2. The molecule has 13 heteroatoms. The van der Waals surface area contributed by atoms with Crippen LogP contribution < -0.4 is 27.2 Å². The number of nitrogens with zero attached hydrogens (tertiary/aromatic N) is 1. The van der Waals surface area contributed by atoms with Crippen LogP contribution in [0.5, 0.6) is 0 Å². The fraction of sp³-hybridized carbons (Fsp3) is 0.235. The topological polar surface area (TPSA) is 203 Å². The van der Waals surface area contributed by atoms with Gasteiger partial charge < -0.3 is 27.6 Å². The van der Waals surface area contributed by atoms with Crippen molar-refractivity contribution in [2.75, 3.05) is 17.0 Å². The molecule has 0 saturated carbocycles. The van der Waals surface area contributed by atoms with E-state index < -0.39 is 27.9 Å². The lowest BCUT2D eigenvalue weighted by Gasteiger charge is -2.15. The number of aliphatic carboxylic acids is 1. The fourth-order valence-electron chi connectivity index (χ4n) is 2.44. The molecule has 0 radical (unpaired) electrons. The summed E-state index contributed by atoms with van der Waals surface area (Å²) in [4.78, 5) is 27.7. The number of guanidine groups is 1. The van der Waals surface area contributed by atoms with Crippen molar-refractivity contribution in [3.63, 3.8) is 0 Å². The number of carboxylic acid groups (broad SMARTS) is 1. The number of hydrogen-bond donors (Lipinski definition) is 6. The second-order valence-corrected chi connectivity index (χ2v) is 8.75. The highest BCUT2D eigenvalue weighted by Crippen LogP contribution is 2.26. The normalized spacial score (nSPS) is 12.0. The molecule has 11 nitrogen and oxygen atoms in total. The Morgan fingerprint density at radius 2 is 1.97 bits per heavy atom. The van der Waals surface area contributed by atoms with Crippen LogP contribution in [0.25, 0.3) is 0 Å². The number of hydrogen-bond acceptors (Lipinski definition) is 7. The van der Waals surface area contributed by atoms with Gasteiger partial charge in [-0.25, -0.2) is 13.2 Å². The fourth-order valence-corrected chi connectivity index (χ4v) is 4.38. The molecule has 2 rings (SSSR count). The predicted molar refractivity (Wildman–Crippen MR) is 115 cm³/mol. The van der Waals surface area contributed by atoms with Crippen molar-refractivity contribution >= 4 is 50.6 Å². The standard InChI is InChI=1S/C17H22N6O5S2/c18-10-3-1-4-11(9-10)30(27,28)23-12-6-8-29-14(12)15(24)22-13(16(25)26)5-2-7-21-17(19)20/h1,3-4,6,8-9,13,23H,2,5,7,18H2,(H,22,24)(H,25,26)(H4,19,20,21)/t13-/m0/s1. The number of carbonyl (C=O) groups is 2. The van der Waals surface area contributed by atoms with Gasteiger partial charge in [-0.05, 0) is 42.5 Å². The second kappa shape index (κ2) is 9.93. The van der Waals surface area contributed by atoms with Crippen LogP contribution in [0.4, 0.5) is 11.4 Å². The Kier molecular flexibility index (Phi) is 7.60. The molecule has 1 aromatic heterocycles. The van der Waals surface area contributed by atoms with Crippen molar-refractivity contribution < 1.29 is 23.1 Å². The third-order valence-electron chi connectivity index (χ3n) is 3.83. The largest absolute Gasteiger partial charge is 0.480 e. The zero-order valence-corrected chi connectivity index (χ0v) is 17.4. The van der Waals surface area contributed by atoms with Gasteiger partial charge >= 0.3 is 5.97 Å².